The molecule has 0 unspecified atom stereocenters. The van der Waals surface area contributed by atoms with Gasteiger partial charge < -0.3 is 10.5 Å². The summed E-state index contributed by atoms with van der Waals surface area (Å²) in [6, 6.07) is 11.4. The van der Waals surface area contributed by atoms with Crippen LogP contribution in [0.1, 0.15) is 48.7 Å². The minimum absolute atomic E-state index is 0.213. The molecule has 5 nitrogen and oxygen atoms in total. The van der Waals surface area contributed by atoms with Crippen molar-refractivity contribution in [3.63, 3.8) is 0 Å². The normalized spacial score (nSPS) is 14.7. The number of esters is 1. The maximum Gasteiger partial charge on any atom is 0.356 e. The van der Waals surface area contributed by atoms with Gasteiger partial charge in [-0.2, -0.15) is 0 Å². The van der Waals surface area contributed by atoms with Gasteiger partial charge in [-0.15, -0.1) is 0 Å². The highest BCUT2D eigenvalue weighted by Gasteiger charge is 2.18. The average molecular weight is 349 g/mol. The zero-order chi connectivity index (χ0) is 18.4. The number of aromatic nitrogens is 1. The van der Waals surface area contributed by atoms with Gasteiger partial charge in [0, 0.05) is 17.4 Å². The Morgan fingerprint density at radius 2 is 2.08 bits per heavy atom. The van der Waals surface area contributed by atoms with Gasteiger partial charge in [0.1, 0.15) is 5.69 Å². The van der Waals surface area contributed by atoms with Crippen molar-refractivity contribution >= 4 is 23.1 Å². The van der Waals surface area contributed by atoms with E-state index in [4.69, 9.17) is 15.5 Å². The number of rotatable bonds is 5. The number of allylic oxidation sites excluding steroid dienone is 2. The van der Waals surface area contributed by atoms with Crippen molar-refractivity contribution in [1.29, 1.82) is 0 Å². The molecule has 5 heteroatoms. The summed E-state index contributed by atoms with van der Waals surface area (Å²) in [6.07, 6.45) is 8.18. The third kappa shape index (κ3) is 4.17. The summed E-state index contributed by atoms with van der Waals surface area (Å²) >= 11 is 0. The molecule has 0 radical (unpaired) electrons. The first kappa shape index (κ1) is 17.9. The van der Waals surface area contributed by atoms with Crippen molar-refractivity contribution in [2.24, 2.45) is 4.99 Å². The summed E-state index contributed by atoms with van der Waals surface area (Å²) < 4.78 is 5.00. The number of benzene rings is 1. The molecule has 1 aliphatic carbocycles. The summed E-state index contributed by atoms with van der Waals surface area (Å²) in [5.41, 5.74) is 10.6. The van der Waals surface area contributed by atoms with Crippen molar-refractivity contribution < 1.29 is 9.53 Å². The number of aliphatic imine (C=N–C) groups is 1. The lowest BCUT2D eigenvalue weighted by Crippen LogP contribution is -2.14. The Kier molecular flexibility index (Phi) is 5.79. The molecular formula is C21H23N3O2. The molecule has 2 aromatic rings. The lowest BCUT2D eigenvalue weighted by atomic mass is 9.92. The van der Waals surface area contributed by atoms with E-state index in [9.17, 15) is 4.79 Å². The van der Waals surface area contributed by atoms with Gasteiger partial charge in [0.2, 0.25) is 0 Å². The van der Waals surface area contributed by atoms with Crippen LogP contribution in [0.3, 0.4) is 0 Å². The Labute approximate surface area is 153 Å². The molecule has 1 aromatic heterocycles. The first-order valence-electron chi connectivity index (χ1n) is 8.95. The zero-order valence-corrected chi connectivity index (χ0v) is 14.9. The van der Waals surface area contributed by atoms with Gasteiger partial charge in [0.25, 0.3) is 0 Å². The maximum absolute atomic E-state index is 11.9. The first-order valence-corrected chi connectivity index (χ1v) is 8.95. The molecule has 2 N–H and O–H groups in total. The number of ether oxygens (including phenoxy) is 1. The summed E-state index contributed by atoms with van der Waals surface area (Å²) in [4.78, 5) is 21.0. The molecule has 0 atom stereocenters. The van der Waals surface area contributed by atoms with Crippen LogP contribution in [0.2, 0.25) is 0 Å². The smallest absolute Gasteiger partial charge is 0.356 e. The molecule has 1 aromatic carbocycles. The van der Waals surface area contributed by atoms with E-state index in [2.05, 4.69) is 11.1 Å². The van der Waals surface area contributed by atoms with Crippen LogP contribution in [-0.4, -0.2) is 23.3 Å². The van der Waals surface area contributed by atoms with E-state index >= 15 is 0 Å². The van der Waals surface area contributed by atoms with Crippen LogP contribution in [0.15, 0.2) is 59.2 Å². The van der Waals surface area contributed by atoms with Gasteiger partial charge in [-0.3, -0.25) is 0 Å². The third-order valence-electron chi connectivity index (χ3n) is 4.27. The van der Waals surface area contributed by atoms with Gasteiger partial charge in [-0.1, -0.05) is 24.3 Å². The predicted molar refractivity (Wildman–Crippen MR) is 104 cm³/mol. The second-order valence-electron chi connectivity index (χ2n) is 6.15. The molecule has 3 rings (SSSR count). The highest BCUT2D eigenvalue weighted by atomic mass is 16.5. The summed E-state index contributed by atoms with van der Waals surface area (Å²) in [6.45, 7) is 2.06. The number of nitrogens with zero attached hydrogens (tertiary/aromatic N) is 2. The topological polar surface area (TPSA) is 77.6 Å². The second-order valence-corrected chi connectivity index (χ2v) is 6.15. The van der Waals surface area contributed by atoms with Crippen molar-refractivity contribution in [3.05, 3.63) is 65.5 Å². The highest BCUT2D eigenvalue weighted by molar-refractivity contribution is 6.16. The average Bonchev–Trinajstić information content (AvgIpc) is 2.68. The van der Waals surface area contributed by atoms with E-state index in [0.717, 1.165) is 36.2 Å². The summed E-state index contributed by atoms with van der Waals surface area (Å²) in [5, 5.41) is 0. The number of carbonyl (C=O) groups excluding carboxylic acids is 1. The monoisotopic (exact) mass is 349 g/mol. The van der Waals surface area contributed by atoms with E-state index in [-0.39, 0.29) is 5.69 Å². The number of nitrogens with two attached hydrogens (primary N) is 1. The molecule has 0 amide bonds. The Bertz CT molecular complexity index is 842. The third-order valence-corrected chi connectivity index (χ3v) is 4.27. The number of pyridine rings is 1. The van der Waals surface area contributed by atoms with Crippen LogP contribution < -0.4 is 5.73 Å². The molecule has 0 saturated carbocycles. The molecule has 0 saturated heterocycles. The quantitative estimate of drug-likeness (QED) is 0.638. The Morgan fingerprint density at radius 1 is 1.27 bits per heavy atom. The lowest BCUT2D eigenvalue weighted by Gasteiger charge is -2.17. The maximum atomic E-state index is 11.9. The van der Waals surface area contributed by atoms with E-state index in [1.807, 2.05) is 30.3 Å². The van der Waals surface area contributed by atoms with Crippen LogP contribution in [0.5, 0.6) is 0 Å². The summed E-state index contributed by atoms with van der Waals surface area (Å²) in [7, 11) is 0. The minimum Gasteiger partial charge on any atom is -0.461 e. The fraction of sp³-hybridized carbons (Fsp3) is 0.286. The molecule has 0 bridgehead atoms. The van der Waals surface area contributed by atoms with E-state index < -0.39 is 5.97 Å². The predicted octanol–water partition coefficient (Wildman–Crippen LogP) is 4.46. The Balaban J connectivity index is 2.03. The molecule has 0 spiro atoms. The van der Waals surface area contributed by atoms with Crippen molar-refractivity contribution in [2.75, 3.05) is 12.3 Å². The van der Waals surface area contributed by atoms with Crippen LogP contribution in [0, 0.1) is 0 Å². The highest BCUT2D eigenvalue weighted by Crippen LogP contribution is 2.27. The molecule has 0 fully saturated rings. The fourth-order valence-corrected chi connectivity index (χ4v) is 2.98. The van der Waals surface area contributed by atoms with Gasteiger partial charge in [0.15, 0.2) is 0 Å². The van der Waals surface area contributed by atoms with E-state index in [1.54, 1.807) is 19.2 Å². The van der Waals surface area contributed by atoms with Crippen LogP contribution in [0.4, 0.5) is 11.4 Å². The fourth-order valence-electron chi connectivity index (χ4n) is 2.98. The molecule has 1 aliphatic rings. The zero-order valence-electron chi connectivity index (χ0n) is 14.9. The van der Waals surface area contributed by atoms with Gasteiger partial charge in [-0.25, -0.2) is 14.8 Å². The number of anilines is 1. The van der Waals surface area contributed by atoms with Crippen molar-refractivity contribution in [1.82, 2.24) is 4.98 Å². The molecule has 1 heterocycles. The molecular weight excluding hydrogens is 326 g/mol. The number of hydrogen-bond acceptors (Lipinski definition) is 5. The van der Waals surface area contributed by atoms with E-state index in [0.29, 0.717) is 12.3 Å². The van der Waals surface area contributed by atoms with Gasteiger partial charge >= 0.3 is 5.97 Å². The van der Waals surface area contributed by atoms with Crippen molar-refractivity contribution in [2.45, 2.75) is 32.6 Å². The number of para-hydroxylation sites is 1. The molecule has 26 heavy (non-hydrogen) atoms. The van der Waals surface area contributed by atoms with E-state index in [1.165, 1.54) is 12.0 Å². The van der Waals surface area contributed by atoms with Crippen LogP contribution in [-0.2, 0) is 4.74 Å². The Hall–Kier alpha value is -2.95. The number of hydrogen-bond donors (Lipinski definition) is 1. The van der Waals surface area contributed by atoms with Gasteiger partial charge in [-0.05, 0) is 56.4 Å². The first-order chi connectivity index (χ1) is 12.7. The molecule has 0 aliphatic heterocycles. The number of carbonyl (C=O) groups is 1. The standard InChI is InChI=1S/C21H23N3O2/c1-2-26-21(25)19-13-18(22)17(14-23-19)20(15-9-5-3-6-10-15)24-16-11-7-4-8-12-16/h4,7-9,11-14H,2-3,5-6,10H2,1H3,(H2,22,23). The van der Waals surface area contributed by atoms with Crippen LogP contribution in [0.25, 0.3) is 0 Å². The molecule has 134 valence electrons. The minimum atomic E-state index is -0.468. The second kappa shape index (κ2) is 8.43. The Morgan fingerprint density at radius 3 is 2.73 bits per heavy atom. The largest absolute Gasteiger partial charge is 0.461 e. The SMILES string of the molecule is CCOC(=O)c1cc(N)c(C(=Nc2ccccc2)C2=CCCCC2)cn1. The van der Waals surface area contributed by atoms with Crippen molar-refractivity contribution in [3.8, 4) is 0 Å². The summed E-state index contributed by atoms with van der Waals surface area (Å²) in [5.74, 6) is -0.468. The van der Waals surface area contributed by atoms with Gasteiger partial charge in [0.05, 0.1) is 18.0 Å². The van der Waals surface area contributed by atoms with Crippen LogP contribution >= 0.6 is 0 Å². The number of nitrogen functional groups attached to an aromatic ring is 1. The lowest BCUT2D eigenvalue weighted by molar-refractivity contribution is 0.0519.